The fourth-order valence-electron chi connectivity index (χ4n) is 1.54. The monoisotopic (exact) mass is 208 g/mol. The van der Waals surface area contributed by atoms with Crippen LogP contribution in [-0.2, 0) is 4.79 Å². The van der Waals surface area contributed by atoms with Gasteiger partial charge >= 0.3 is 0 Å². The van der Waals surface area contributed by atoms with Crippen molar-refractivity contribution >= 4 is 5.91 Å². The highest BCUT2D eigenvalue weighted by Crippen LogP contribution is 2.22. The number of hydrogen-bond donors (Lipinski definition) is 2. The molecule has 0 aromatic heterocycles. The molecule has 1 aliphatic heterocycles. The molecule has 1 saturated heterocycles. The van der Waals surface area contributed by atoms with E-state index in [1.165, 1.54) is 0 Å². The van der Waals surface area contributed by atoms with E-state index in [4.69, 9.17) is 4.74 Å². The molecule has 1 fully saturated rings. The van der Waals surface area contributed by atoms with Crippen molar-refractivity contribution in [2.75, 3.05) is 13.7 Å². The molecule has 0 radical (unpaired) electrons. The minimum Gasteiger partial charge on any atom is -0.497 e. The van der Waals surface area contributed by atoms with E-state index in [-0.39, 0.29) is 12.5 Å². The van der Waals surface area contributed by atoms with Crippen LogP contribution in [-0.4, -0.2) is 29.8 Å². The van der Waals surface area contributed by atoms with Crippen molar-refractivity contribution in [2.45, 2.75) is 6.17 Å². The second kappa shape index (κ2) is 3.88. The van der Waals surface area contributed by atoms with Crippen molar-refractivity contribution < 1.29 is 14.7 Å². The van der Waals surface area contributed by atoms with Crippen LogP contribution in [0.5, 0.6) is 5.75 Å². The first kappa shape index (κ1) is 9.95. The lowest BCUT2D eigenvalue weighted by Crippen LogP contribution is -2.26. The van der Waals surface area contributed by atoms with E-state index in [9.17, 15) is 10.0 Å². The summed E-state index contributed by atoms with van der Waals surface area (Å²) in [4.78, 5) is 11.1. The van der Waals surface area contributed by atoms with Gasteiger partial charge in [0.25, 0.3) is 5.91 Å². The molecule has 1 heterocycles. The maximum atomic E-state index is 11.1. The Kier molecular flexibility index (Phi) is 2.57. The lowest BCUT2D eigenvalue weighted by atomic mass is 10.2. The lowest BCUT2D eigenvalue weighted by molar-refractivity contribution is -0.165. The SMILES string of the molecule is COc1ccc([C@@H]2NCC(=O)N2O)cc1. The van der Waals surface area contributed by atoms with Gasteiger partial charge in [-0.2, -0.15) is 0 Å². The quantitative estimate of drug-likeness (QED) is 0.695. The van der Waals surface area contributed by atoms with Crippen molar-refractivity contribution in [3.8, 4) is 5.75 Å². The van der Waals surface area contributed by atoms with E-state index in [2.05, 4.69) is 5.32 Å². The molecule has 0 spiro atoms. The molecular formula is C10H12N2O3. The fourth-order valence-corrected chi connectivity index (χ4v) is 1.54. The minimum absolute atomic E-state index is 0.160. The van der Waals surface area contributed by atoms with Crippen molar-refractivity contribution in [2.24, 2.45) is 0 Å². The van der Waals surface area contributed by atoms with Gasteiger partial charge in [-0.15, -0.1) is 0 Å². The van der Waals surface area contributed by atoms with E-state index < -0.39 is 6.17 Å². The summed E-state index contributed by atoms with van der Waals surface area (Å²) in [7, 11) is 1.59. The van der Waals surface area contributed by atoms with Crippen LogP contribution in [0.1, 0.15) is 11.7 Å². The third-order valence-electron chi connectivity index (χ3n) is 2.38. The van der Waals surface area contributed by atoms with Crippen LogP contribution in [0.4, 0.5) is 0 Å². The third kappa shape index (κ3) is 1.79. The van der Waals surface area contributed by atoms with E-state index in [0.717, 1.165) is 11.3 Å². The number of nitrogens with zero attached hydrogens (tertiary/aromatic N) is 1. The van der Waals surface area contributed by atoms with Gasteiger partial charge in [0, 0.05) is 0 Å². The number of hydrogen-bond acceptors (Lipinski definition) is 4. The van der Waals surface area contributed by atoms with Crippen molar-refractivity contribution in [1.29, 1.82) is 0 Å². The van der Waals surface area contributed by atoms with Gasteiger partial charge in [-0.3, -0.25) is 15.3 Å². The first-order valence-electron chi connectivity index (χ1n) is 4.60. The molecule has 0 aliphatic carbocycles. The molecule has 15 heavy (non-hydrogen) atoms. The Morgan fingerprint density at radius 3 is 2.60 bits per heavy atom. The number of carbonyl (C=O) groups excluding carboxylic acids is 1. The summed E-state index contributed by atoms with van der Waals surface area (Å²) in [5.41, 5.74) is 0.823. The molecule has 1 amide bonds. The summed E-state index contributed by atoms with van der Waals surface area (Å²) in [6.07, 6.45) is -0.455. The zero-order valence-corrected chi connectivity index (χ0v) is 8.30. The Bertz CT molecular complexity index is 363. The summed E-state index contributed by atoms with van der Waals surface area (Å²) < 4.78 is 5.02. The highest BCUT2D eigenvalue weighted by Gasteiger charge is 2.30. The topological polar surface area (TPSA) is 61.8 Å². The summed E-state index contributed by atoms with van der Waals surface area (Å²) in [6.45, 7) is 0.160. The summed E-state index contributed by atoms with van der Waals surface area (Å²) >= 11 is 0. The van der Waals surface area contributed by atoms with Crippen LogP contribution in [0.15, 0.2) is 24.3 Å². The van der Waals surface area contributed by atoms with Gasteiger partial charge in [0.1, 0.15) is 11.9 Å². The Morgan fingerprint density at radius 2 is 2.13 bits per heavy atom. The number of methoxy groups -OCH3 is 1. The van der Waals surface area contributed by atoms with Gasteiger partial charge in [0.05, 0.1) is 13.7 Å². The van der Waals surface area contributed by atoms with Crippen LogP contribution in [0.2, 0.25) is 0 Å². The van der Waals surface area contributed by atoms with Crippen molar-refractivity contribution in [1.82, 2.24) is 10.4 Å². The molecule has 1 aromatic rings. The summed E-state index contributed by atoms with van der Waals surface area (Å²) in [6, 6.07) is 7.18. The standard InChI is InChI=1S/C10H12N2O3/c1-15-8-4-2-7(3-5-8)10-11-6-9(13)12(10)14/h2-5,10-11,14H,6H2,1H3/t10-/m1/s1. The normalized spacial score (nSPS) is 20.8. The zero-order chi connectivity index (χ0) is 10.8. The number of amides is 1. The van der Waals surface area contributed by atoms with Gasteiger partial charge in [-0.05, 0) is 17.7 Å². The smallest absolute Gasteiger partial charge is 0.261 e. The average Bonchev–Trinajstić information content (AvgIpc) is 2.60. The second-order valence-electron chi connectivity index (χ2n) is 3.29. The Morgan fingerprint density at radius 1 is 1.47 bits per heavy atom. The number of carbonyl (C=O) groups is 1. The zero-order valence-electron chi connectivity index (χ0n) is 8.30. The molecule has 1 atom stereocenters. The number of benzene rings is 1. The van der Waals surface area contributed by atoms with Crippen LogP contribution >= 0.6 is 0 Å². The fraction of sp³-hybridized carbons (Fsp3) is 0.300. The van der Waals surface area contributed by atoms with Crippen LogP contribution < -0.4 is 10.1 Å². The van der Waals surface area contributed by atoms with Gasteiger partial charge in [0.15, 0.2) is 0 Å². The molecule has 0 saturated carbocycles. The number of nitrogens with one attached hydrogen (secondary N) is 1. The average molecular weight is 208 g/mol. The van der Waals surface area contributed by atoms with Crippen LogP contribution in [0.25, 0.3) is 0 Å². The Hall–Kier alpha value is -1.59. The van der Waals surface area contributed by atoms with Gasteiger partial charge in [-0.1, -0.05) is 12.1 Å². The molecule has 5 heteroatoms. The molecule has 2 rings (SSSR count). The van der Waals surface area contributed by atoms with Crippen molar-refractivity contribution in [3.05, 3.63) is 29.8 Å². The molecule has 2 N–H and O–H groups in total. The Balaban J connectivity index is 2.19. The van der Waals surface area contributed by atoms with Gasteiger partial charge in [-0.25, -0.2) is 5.06 Å². The first-order valence-corrected chi connectivity index (χ1v) is 4.60. The van der Waals surface area contributed by atoms with E-state index in [1.807, 2.05) is 0 Å². The molecule has 80 valence electrons. The maximum absolute atomic E-state index is 11.1. The lowest BCUT2D eigenvalue weighted by Gasteiger charge is -2.17. The highest BCUT2D eigenvalue weighted by atomic mass is 16.5. The summed E-state index contributed by atoms with van der Waals surface area (Å²) in [5, 5.41) is 13.0. The van der Waals surface area contributed by atoms with Crippen LogP contribution in [0.3, 0.4) is 0 Å². The number of rotatable bonds is 2. The van der Waals surface area contributed by atoms with Crippen molar-refractivity contribution in [3.63, 3.8) is 0 Å². The van der Waals surface area contributed by atoms with Gasteiger partial charge in [0.2, 0.25) is 0 Å². The van der Waals surface area contributed by atoms with E-state index in [1.54, 1.807) is 31.4 Å². The predicted octanol–water partition coefficient (Wildman–Crippen LogP) is 0.515. The second-order valence-corrected chi connectivity index (χ2v) is 3.29. The molecule has 1 aromatic carbocycles. The van der Waals surface area contributed by atoms with E-state index in [0.29, 0.717) is 5.06 Å². The third-order valence-corrected chi connectivity index (χ3v) is 2.38. The van der Waals surface area contributed by atoms with E-state index >= 15 is 0 Å². The molecular weight excluding hydrogens is 196 g/mol. The van der Waals surface area contributed by atoms with Gasteiger partial charge < -0.3 is 4.74 Å². The first-order chi connectivity index (χ1) is 7.22. The minimum atomic E-state index is -0.455. The summed E-state index contributed by atoms with van der Waals surface area (Å²) in [5.74, 6) is 0.420. The molecule has 1 aliphatic rings. The highest BCUT2D eigenvalue weighted by molar-refractivity contribution is 5.79. The predicted molar refractivity (Wildman–Crippen MR) is 52.4 cm³/mol. The maximum Gasteiger partial charge on any atom is 0.261 e. The van der Waals surface area contributed by atoms with Crippen LogP contribution in [0, 0.1) is 0 Å². The number of ether oxygens (including phenoxy) is 1. The largest absolute Gasteiger partial charge is 0.497 e. The molecule has 0 unspecified atom stereocenters. The molecule has 0 bridgehead atoms. The molecule has 5 nitrogen and oxygen atoms in total. The Labute approximate surface area is 87.2 Å². The number of hydroxylamine groups is 2.